The van der Waals surface area contributed by atoms with E-state index >= 15 is 0 Å². The highest BCUT2D eigenvalue weighted by Gasteiger charge is 2.33. The second-order valence-electron chi connectivity index (χ2n) is 10.5. The smallest absolute Gasteiger partial charge is 0.305 e. The number of halogens is 2. The number of rotatable bonds is 13. The predicted molar refractivity (Wildman–Crippen MR) is 165 cm³/mol. The number of pyridine rings is 1. The topological polar surface area (TPSA) is 172 Å². The summed E-state index contributed by atoms with van der Waals surface area (Å²) in [7, 11) is 0. The summed E-state index contributed by atoms with van der Waals surface area (Å²) in [6.45, 7) is 2.86. The van der Waals surface area contributed by atoms with E-state index in [0.29, 0.717) is 11.1 Å². The zero-order valence-corrected chi connectivity index (χ0v) is 25.7. The van der Waals surface area contributed by atoms with Gasteiger partial charge in [0, 0.05) is 35.6 Å². The van der Waals surface area contributed by atoms with Gasteiger partial charge in [0.2, 0.25) is 17.6 Å². The maximum atomic E-state index is 13.9. The van der Waals surface area contributed by atoms with Crippen molar-refractivity contribution >= 4 is 63.8 Å². The normalized spacial score (nSPS) is 12.4. The molecule has 0 aliphatic rings. The van der Waals surface area contributed by atoms with Crippen molar-refractivity contribution in [1.82, 2.24) is 25.5 Å². The minimum absolute atomic E-state index is 0.0630. The lowest BCUT2D eigenvalue weighted by Gasteiger charge is -2.30. The lowest BCUT2D eigenvalue weighted by Crippen LogP contribution is -2.54. The number of benzene rings is 2. The molecule has 12 nitrogen and oxygen atoms in total. The Morgan fingerprint density at radius 3 is 2.38 bits per heavy atom. The number of ketones is 1. The van der Waals surface area contributed by atoms with Crippen molar-refractivity contribution in [3.8, 4) is 0 Å². The SMILES string of the molecule is CC(C)[C@H](NC(=O)c1ccccc1)C(=O)N(CC(=O)NC(CC(=O)O)C(=O)c1nc2c(Cl)cc(Cl)cc2o1)Cc1cccnc1. The zero-order chi connectivity index (χ0) is 32.7. The number of nitrogens with one attached hydrogen (secondary N) is 2. The summed E-state index contributed by atoms with van der Waals surface area (Å²) in [4.78, 5) is 74.4. The van der Waals surface area contributed by atoms with Crippen LogP contribution in [0.2, 0.25) is 10.0 Å². The van der Waals surface area contributed by atoms with Gasteiger partial charge in [-0.25, -0.2) is 4.98 Å². The first kappa shape index (κ1) is 33.1. The molecular weight excluding hydrogens is 625 g/mol. The highest BCUT2D eigenvalue weighted by atomic mass is 35.5. The van der Waals surface area contributed by atoms with Gasteiger partial charge in [-0.05, 0) is 35.7 Å². The van der Waals surface area contributed by atoms with E-state index in [0.717, 1.165) is 0 Å². The third-order valence-corrected chi connectivity index (χ3v) is 7.16. The largest absolute Gasteiger partial charge is 0.481 e. The second kappa shape index (κ2) is 14.8. The van der Waals surface area contributed by atoms with Crippen LogP contribution in [0.5, 0.6) is 0 Å². The predicted octanol–water partition coefficient (Wildman–Crippen LogP) is 4.16. The van der Waals surface area contributed by atoms with Crippen molar-refractivity contribution in [2.45, 2.75) is 38.9 Å². The molecule has 4 rings (SSSR count). The van der Waals surface area contributed by atoms with E-state index in [-0.39, 0.29) is 33.6 Å². The van der Waals surface area contributed by atoms with Crippen LogP contribution in [-0.2, 0) is 20.9 Å². The summed E-state index contributed by atoms with van der Waals surface area (Å²) in [6, 6.07) is 11.9. The fraction of sp³-hybridized carbons (Fsp3) is 0.258. The van der Waals surface area contributed by atoms with Gasteiger partial charge in [-0.3, -0.25) is 29.0 Å². The Kier molecular flexibility index (Phi) is 10.9. The van der Waals surface area contributed by atoms with Gasteiger partial charge in [0.25, 0.3) is 11.8 Å². The first-order valence-electron chi connectivity index (χ1n) is 13.8. The Morgan fingerprint density at radius 2 is 1.73 bits per heavy atom. The van der Waals surface area contributed by atoms with Crippen molar-refractivity contribution in [2.24, 2.45) is 5.92 Å². The summed E-state index contributed by atoms with van der Waals surface area (Å²) in [5, 5.41) is 15.0. The molecule has 0 fully saturated rings. The quantitative estimate of drug-likeness (QED) is 0.179. The number of carbonyl (C=O) groups excluding carboxylic acids is 4. The number of nitrogens with zero attached hydrogens (tertiary/aromatic N) is 3. The fourth-order valence-electron chi connectivity index (χ4n) is 4.46. The van der Waals surface area contributed by atoms with Crippen molar-refractivity contribution in [1.29, 1.82) is 0 Å². The van der Waals surface area contributed by atoms with Gasteiger partial charge in [0.05, 0.1) is 18.0 Å². The molecule has 0 spiro atoms. The molecule has 1 unspecified atom stereocenters. The molecule has 3 amide bonds. The number of hydrogen-bond acceptors (Lipinski definition) is 8. The number of hydrogen-bond donors (Lipinski definition) is 3. The Balaban J connectivity index is 1.57. The maximum Gasteiger partial charge on any atom is 0.305 e. The molecule has 0 aliphatic carbocycles. The average molecular weight is 655 g/mol. The van der Waals surface area contributed by atoms with E-state index in [1.807, 2.05) is 0 Å². The van der Waals surface area contributed by atoms with Crippen LogP contribution in [0, 0.1) is 5.92 Å². The molecule has 0 saturated carbocycles. The number of carboxylic acids is 1. The van der Waals surface area contributed by atoms with Gasteiger partial charge in [0.15, 0.2) is 5.58 Å². The lowest BCUT2D eigenvalue weighted by molar-refractivity contribution is -0.140. The number of carbonyl (C=O) groups is 5. The van der Waals surface area contributed by atoms with Gasteiger partial charge in [-0.1, -0.05) is 61.3 Å². The van der Waals surface area contributed by atoms with Crippen LogP contribution < -0.4 is 10.6 Å². The number of Topliss-reactive ketones (excluding diaryl/α,β-unsaturated/α-hetero) is 1. The molecule has 2 heterocycles. The van der Waals surface area contributed by atoms with E-state index in [2.05, 4.69) is 20.6 Å². The van der Waals surface area contributed by atoms with Crippen LogP contribution in [0.1, 0.15) is 46.9 Å². The van der Waals surface area contributed by atoms with Crippen molar-refractivity contribution in [2.75, 3.05) is 6.54 Å². The fourth-order valence-corrected chi connectivity index (χ4v) is 4.97. The summed E-state index contributed by atoms with van der Waals surface area (Å²) in [5.41, 5.74) is 1.18. The van der Waals surface area contributed by atoms with Crippen LogP contribution in [-0.4, -0.2) is 68.1 Å². The molecule has 0 saturated heterocycles. The molecule has 2 aromatic heterocycles. The Bertz CT molecular complexity index is 1710. The average Bonchev–Trinajstić information content (AvgIpc) is 3.43. The van der Waals surface area contributed by atoms with Gasteiger partial charge >= 0.3 is 5.97 Å². The number of aliphatic carboxylic acids is 1. The second-order valence-corrected chi connectivity index (χ2v) is 11.3. The van der Waals surface area contributed by atoms with Crippen molar-refractivity contribution < 1.29 is 33.5 Å². The molecule has 0 radical (unpaired) electrons. The molecule has 234 valence electrons. The van der Waals surface area contributed by atoms with E-state index in [1.54, 1.807) is 62.5 Å². The van der Waals surface area contributed by atoms with E-state index in [9.17, 15) is 29.1 Å². The minimum Gasteiger partial charge on any atom is -0.481 e. The molecule has 45 heavy (non-hydrogen) atoms. The van der Waals surface area contributed by atoms with Crippen molar-refractivity contribution in [3.05, 3.63) is 94.1 Å². The van der Waals surface area contributed by atoms with Gasteiger partial charge in [-0.2, -0.15) is 0 Å². The monoisotopic (exact) mass is 653 g/mol. The van der Waals surface area contributed by atoms with Gasteiger partial charge < -0.3 is 25.1 Å². The minimum atomic E-state index is -1.59. The molecule has 0 aliphatic heterocycles. The van der Waals surface area contributed by atoms with E-state index in [4.69, 9.17) is 27.6 Å². The van der Waals surface area contributed by atoms with Crippen LogP contribution in [0.4, 0.5) is 0 Å². The Hall–Kier alpha value is -4.81. The molecule has 3 N–H and O–H groups in total. The van der Waals surface area contributed by atoms with Gasteiger partial charge in [-0.15, -0.1) is 0 Å². The van der Waals surface area contributed by atoms with Crippen LogP contribution in [0.25, 0.3) is 11.1 Å². The summed E-state index contributed by atoms with van der Waals surface area (Å²) in [6.07, 6.45) is 2.28. The highest BCUT2D eigenvalue weighted by Crippen LogP contribution is 2.28. The molecule has 14 heteroatoms. The molecule has 4 aromatic rings. The zero-order valence-electron chi connectivity index (χ0n) is 24.2. The first-order valence-corrected chi connectivity index (χ1v) is 14.5. The Labute approximate surface area is 267 Å². The van der Waals surface area contributed by atoms with Crippen LogP contribution >= 0.6 is 23.2 Å². The number of amides is 3. The number of oxazole rings is 1. The number of fused-ring (bicyclic) bond motifs is 1. The third kappa shape index (κ3) is 8.64. The summed E-state index contributed by atoms with van der Waals surface area (Å²) < 4.78 is 5.48. The third-order valence-electron chi connectivity index (χ3n) is 6.65. The summed E-state index contributed by atoms with van der Waals surface area (Å²) >= 11 is 12.1. The van der Waals surface area contributed by atoms with Crippen molar-refractivity contribution in [3.63, 3.8) is 0 Å². The molecule has 2 aromatic carbocycles. The number of carboxylic acid groups (broad SMARTS) is 1. The molecule has 2 atom stereocenters. The maximum absolute atomic E-state index is 13.9. The van der Waals surface area contributed by atoms with E-state index < -0.39 is 60.4 Å². The highest BCUT2D eigenvalue weighted by molar-refractivity contribution is 6.38. The number of aromatic nitrogens is 2. The van der Waals surface area contributed by atoms with Gasteiger partial charge in [0.1, 0.15) is 17.6 Å². The van der Waals surface area contributed by atoms with Crippen LogP contribution in [0.15, 0.2) is 71.4 Å². The van der Waals surface area contributed by atoms with Crippen LogP contribution in [0.3, 0.4) is 0 Å². The molecule has 0 bridgehead atoms. The summed E-state index contributed by atoms with van der Waals surface area (Å²) in [5.74, 6) is -5.02. The molecular formula is C31H29Cl2N5O7. The first-order chi connectivity index (χ1) is 21.4. The standard InChI is InChI=1S/C31H29Cl2N5O7/c1-17(2)26(36-29(43)19-8-4-3-5-9-19)31(44)38(15-18-7-6-10-34-14-18)16-24(39)35-22(13-25(40)41)28(42)30-37-27-21(33)11-20(32)12-23(27)45-30/h3-12,14,17,22,26H,13,15-16H2,1-2H3,(H,35,39)(H,36,43)(H,40,41)/t22?,26-/m0/s1. The lowest BCUT2D eigenvalue weighted by atomic mass is 10.0. The Morgan fingerprint density at radius 1 is 1.00 bits per heavy atom. The van der Waals surface area contributed by atoms with E-state index in [1.165, 1.54) is 23.2 Å².